The third kappa shape index (κ3) is 27.4. The molecule has 1 rings (SSSR count). The number of esters is 2. The van der Waals surface area contributed by atoms with Gasteiger partial charge >= 0.3 is 11.9 Å². The molecule has 1 fully saturated rings. The molecule has 10 heteroatoms. The zero-order valence-corrected chi connectivity index (χ0v) is 33.9. The largest absolute Gasteiger partial charge is 0.462 e. The summed E-state index contributed by atoms with van der Waals surface area (Å²) in [6.07, 6.45) is 36.2. The number of unbranched alkanes of at least 4 members (excludes halogenated alkanes) is 10. The van der Waals surface area contributed by atoms with Gasteiger partial charge in [-0.05, 0) is 77.0 Å². The minimum Gasteiger partial charge on any atom is -0.462 e. The Bertz CT molecular complexity index is 1120. The van der Waals surface area contributed by atoms with Crippen LogP contribution in [-0.4, -0.2) is 89.0 Å². The fourth-order valence-electron chi connectivity index (χ4n) is 5.80. The van der Waals surface area contributed by atoms with E-state index in [1.165, 1.54) is 0 Å². The van der Waals surface area contributed by atoms with Crippen LogP contribution in [0.25, 0.3) is 0 Å². The van der Waals surface area contributed by atoms with Crippen molar-refractivity contribution in [3.8, 4) is 0 Å². The molecule has 0 aromatic carbocycles. The lowest BCUT2D eigenvalue weighted by atomic mass is 9.99. The van der Waals surface area contributed by atoms with Gasteiger partial charge in [0, 0.05) is 12.8 Å². The highest BCUT2D eigenvalue weighted by Crippen LogP contribution is 2.22. The molecule has 1 aliphatic rings. The van der Waals surface area contributed by atoms with Crippen molar-refractivity contribution in [3.63, 3.8) is 0 Å². The van der Waals surface area contributed by atoms with E-state index in [0.29, 0.717) is 12.8 Å². The molecule has 0 aromatic rings. The van der Waals surface area contributed by atoms with Crippen molar-refractivity contribution in [2.75, 3.05) is 19.8 Å². The molecule has 1 aliphatic heterocycles. The second-order valence-electron chi connectivity index (χ2n) is 14.0. The summed E-state index contributed by atoms with van der Waals surface area (Å²) in [6.45, 7) is 3.14. The van der Waals surface area contributed by atoms with Crippen LogP contribution in [0.1, 0.15) is 142 Å². The summed E-state index contributed by atoms with van der Waals surface area (Å²) in [7, 11) is 0. The Labute approximate surface area is 332 Å². The summed E-state index contributed by atoms with van der Waals surface area (Å²) in [5.41, 5.74) is 0. The minimum absolute atomic E-state index is 0.202. The number of hydrogen-bond acceptors (Lipinski definition) is 10. The van der Waals surface area contributed by atoms with Gasteiger partial charge in [0.1, 0.15) is 31.0 Å². The van der Waals surface area contributed by atoms with Crippen molar-refractivity contribution < 1.29 is 49.0 Å². The van der Waals surface area contributed by atoms with Crippen LogP contribution >= 0.6 is 0 Å². The van der Waals surface area contributed by atoms with Gasteiger partial charge < -0.3 is 39.4 Å². The number of aliphatic hydroxyl groups excluding tert-OH is 4. The molecule has 6 atom stereocenters. The summed E-state index contributed by atoms with van der Waals surface area (Å²) < 4.78 is 22.1. The van der Waals surface area contributed by atoms with Crippen molar-refractivity contribution in [2.45, 2.75) is 179 Å². The van der Waals surface area contributed by atoms with Gasteiger partial charge in [0.15, 0.2) is 12.4 Å². The second-order valence-corrected chi connectivity index (χ2v) is 14.0. The molecule has 0 unspecified atom stereocenters. The molecule has 314 valence electrons. The Morgan fingerprint density at radius 1 is 0.564 bits per heavy atom. The molecule has 55 heavy (non-hydrogen) atoms. The Morgan fingerprint density at radius 2 is 1.02 bits per heavy atom. The molecule has 1 heterocycles. The fourth-order valence-corrected chi connectivity index (χ4v) is 5.80. The first-order valence-corrected chi connectivity index (χ1v) is 21.0. The van der Waals surface area contributed by atoms with Crippen LogP contribution in [0, 0.1) is 0 Å². The maximum Gasteiger partial charge on any atom is 0.306 e. The molecule has 0 saturated carbocycles. The van der Waals surface area contributed by atoms with Crippen LogP contribution in [0.4, 0.5) is 0 Å². The first-order chi connectivity index (χ1) is 26.8. The number of ether oxygens (including phenoxy) is 4. The maximum absolute atomic E-state index is 12.7. The maximum atomic E-state index is 12.7. The average molecular weight is 775 g/mol. The molecular formula is C45H74O10. The quantitative estimate of drug-likeness (QED) is 0.0291. The molecule has 1 saturated heterocycles. The zero-order valence-electron chi connectivity index (χ0n) is 33.9. The molecule has 4 N–H and O–H groups in total. The highest BCUT2D eigenvalue weighted by Gasteiger charge is 2.44. The van der Waals surface area contributed by atoms with Crippen molar-refractivity contribution in [2.24, 2.45) is 0 Å². The lowest BCUT2D eigenvalue weighted by Gasteiger charge is -2.39. The van der Waals surface area contributed by atoms with Gasteiger partial charge in [-0.1, -0.05) is 125 Å². The highest BCUT2D eigenvalue weighted by molar-refractivity contribution is 5.70. The minimum atomic E-state index is -1.60. The molecule has 0 aromatic heterocycles. The summed E-state index contributed by atoms with van der Waals surface area (Å²) in [5.74, 6) is -0.855. The van der Waals surface area contributed by atoms with Crippen molar-refractivity contribution in [1.82, 2.24) is 0 Å². The van der Waals surface area contributed by atoms with E-state index in [9.17, 15) is 30.0 Å². The molecule has 0 radical (unpaired) electrons. The number of rotatable bonds is 33. The van der Waals surface area contributed by atoms with E-state index in [2.05, 4.69) is 86.8 Å². The van der Waals surface area contributed by atoms with Gasteiger partial charge in [0.25, 0.3) is 0 Å². The standard InChI is InChI=1S/C45H74O10/c1-3-5-7-9-11-13-15-17-19-21-23-25-27-29-31-33-40(47)52-36-38(37-53-45-44(51)43(50)42(49)39(35-46)55-45)54-41(48)34-32-30-28-26-24-22-20-18-16-14-12-10-8-6-4-2/h5-8,11-14,17-20,38-39,42-46,49-51H,3-4,9-10,15-16,21-37H2,1-2H3/b7-5-,8-6-,13-11-,14-12-,19-17-,20-18-/t38-,39+,42+,43-,44+,45+/m0/s1. The van der Waals surface area contributed by atoms with E-state index >= 15 is 0 Å². The van der Waals surface area contributed by atoms with E-state index in [0.717, 1.165) is 103 Å². The van der Waals surface area contributed by atoms with Crippen LogP contribution < -0.4 is 0 Å². The van der Waals surface area contributed by atoms with E-state index in [-0.39, 0.29) is 26.1 Å². The Kier molecular flexibility index (Phi) is 32.4. The molecule has 10 nitrogen and oxygen atoms in total. The Hall–Kier alpha value is -2.86. The molecular weight excluding hydrogens is 700 g/mol. The van der Waals surface area contributed by atoms with E-state index in [1.54, 1.807) is 0 Å². The molecule has 0 spiro atoms. The number of carbonyl (C=O) groups is 2. The first kappa shape index (κ1) is 50.2. The van der Waals surface area contributed by atoms with Crippen molar-refractivity contribution in [1.29, 1.82) is 0 Å². The van der Waals surface area contributed by atoms with Crippen LogP contribution in [-0.2, 0) is 28.5 Å². The van der Waals surface area contributed by atoms with E-state index in [1.807, 2.05) is 0 Å². The van der Waals surface area contributed by atoms with Gasteiger partial charge in [0.2, 0.25) is 0 Å². The monoisotopic (exact) mass is 775 g/mol. The topological polar surface area (TPSA) is 152 Å². The number of carbonyl (C=O) groups excluding carboxylic acids is 2. The van der Waals surface area contributed by atoms with E-state index in [4.69, 9.17) is 18.9 Å². The highest BCUT2D eigenvalue weighted by atomic mass is 16.7. The van der Waals surface area contributed by atoms with Crippen molar-refractivity contribution >= 4 is 11.9 Å². The van der Waals surface area contributed by atoms with E-state index < -0.39 is 55.4 Å². The van der Waals surface area contributed by atoms with Gasteiger partial charge in [-0.3, -0.25) is 9.59 Å². The normalized spacial score (nSPS) is 21.3. The molecule has 0 amide bonds. The first-order valence-electron chi connectivity index (χ1n) is 21.0. The Morgan fingerprint density at radius 3 is 1.53 bits per heavy atom. The predicted octanol–water partition coefficient (Wildman–Crippen LogP) is 8.44. The lowest BCUT2D eigenvalue weighted by molar-refractivity contribution is -0.305. The SMILES string of the molecule is CC/C=C\C/C=C\C/C=C\CCCCCCCC(=O)OC[C@@H](CO[C@@H]1O[C@H](CO)[C@@H](O)[C@H](O)[C@H]1O)OC(=O)CCCCCCC/C=C\C/C=C\C/C=C\CC. The van der Waals surface area contributed by atoms with Crippen LogP contribution in [0.3, 0.4) is 0 Å². The summed E-state index contributed by atoms with van der Waals surface area (Å²) >= 11 is 0. The number of aliphatic hydroxyl groups is 4. The Balaban J connectivity index is 2.39. The summed E-state index contributed by atoms with van der Waals surface area (Å²) in [4.78, 5) is 25.3. The van der Waals surface area contributed by atoms with Crippen LogP contribution in [0.2, 0.25) is 0 Å². The van der Waals surface area contributed by atoms with Gasteiger partial charge in [-0.15, -0.1) is 0 Å². The molecule has 0 aliphatic carbocycles. The third-order valence-electron chi connectivity index (χ3n) is 9.09. The fraction of sp³-hybridized carbons (Fsp3) is 0.689. The number of allylic oxidation sites excluding steroid dienone is 12. The second kappa shape index (κ2) is 35.5. The van der Waals surface area contributed by atoms with Crippen LogP contribution in [0.5, 0.6) is 0 Å². The smallest absolute Gasteiger partial charge is 0.306 e. The lowest BCUT2D eigenvalue weighted by Crippen LogP contribution is -2.59. The van der Waals surface area contributed by atoms with Crippen LogP contribution in [0.15, 0.2) is 72.9 Å². The molecule has 0 bridgehead atoms. The number of hydrogen-bond donors (Lipinski definition) is 4. The average Bonchev–Trinajstić information content (AvgIpc) is 3.18. The zero-order chi connectivity index (χ0) is 40.2. The summed E-state index contributed by atoms with van der Waals surface area (Å²) in [6, 6.07) is 0. The van der Waals surface area contributed by atoms with Gasteiger partial charge in [-0.2, -0.15) is 0 Å². The van der Waals surface area contributed by atoms with Crippen molar-refractivity contribution in [3.05, 3.63) is 72.9 Å². The summed E-state index contributed by atoms with van der Waals surface area (Å²) in [5, 5.41) is 40.0. The predicted molar refractivity (Wildman–Crippen MR) is 219 cm³/mol. The third-order valence-corrected chi connectivity index (χ3v) is 9.09. The van der Waals surface area contributed by atoms with Gasteiger partial charge in [0.05, 0.1) is 13.2 Å². The van der Waals surface area contributed by atoms with Gasteiger partial charge in [-0.25, -0.2) is 0 Å².